The highest BCUT2D eigenvalue weighted by molar-refractivity contribution is 5.80. The second-order valence-electron chi connectivity index (χ2n) is 5.29. The Morgan fingerprint density at radius 1 is 1.31 bits per heavy atom. The Hall–Kier alpha value is -0.410. The molecule has 16 heavy (non-hydrogen) atoms. The second kappa shape index (κ2) is 7.02. The number of hydrogen-bond donors (Lipinski definition) is 2. The summed E-state index contributed by atoms with van der Waals surface area (Å²) in [5.41, 5.74) is 5.85. The molecule has 0 saturated heterocycles. The van der Waals surface area contributed by atoms with Crippen LogP contribution in [-0.2, 0) is 4.79 Å². The molecule has 3 heteroatoms. The Bertz CT molecular complexity index is 208. The molecule has 1 aliphatic rings. The SMILES string of the molecule is CC(C)C(=O)CCCNC1CCC(N)CC1. The molecule has 1 fully saturated rings. The molecule has 0 bridgehead atoms. The number of nitrogens with one attached hydrogen (secondary N) is 1. The fourth-order valence-corrected chi connectivity index (χ4v) is 2.18. The van der Waals surface area contributed by atoms with Crippen LogP contribution in [0.3, 0.4) is 0 Å². The van der Waals surface area contributed by atoms with E-state index in [1.165, 1.54) is 12.8 Å². The topological polar surface area (TPSA) is 55.1 Å². The third-order valence-corrected chi connectivity index (χ3v) is 3.45. The van der Waals surface area contributed by atoms with Crippen molar-refractivity contribution in [3.63, 3.8) is 0 Å². The van der Waals surface area contributed by atoms with E-state index in [1.54, 1.807) is 0 Å². The van der Waals surface area contributed by atoms with Gasteiger partial charge in [0.15, 0.2) is 0 Å². The summed E-state index contributed by atoms with van der Waals surface area (Å²) in [6, 6.07) is 1.05. The molecule has 0 aliphatic heterocycles. The Kier molecular flexibility index (Phi) is 5.99. The lowest BCUT2D eigenvalue weighted by Gasteiger charge is -2.26. The van der Waals surface area contributed by atoms with Crippen molar-refractivity contribution in [2.24, 2.45) is 11.7 Å². The third-order valence-electron chi connectivity index (χ3n) is 3.45. The number of carbonyl (C=O) groups excluding carboxylic acids is 1. The Labute approximate surface area is 99.2 Å². The molecule has 0 aromatic rings. The normalized spacial score (nSPS) is 26.0. The molecule has 3 N–H and O–H groups in total. The first kappa shape index (κ1) is 13.7. The van der Waals surface area contributed by atoms with Crippen molar-refractivity contribution in [2.75, 3.05) is 6.54 Å². The van der Waals surface area contributed by atoms with Crippen molar-refractivity contribution in [1.82, 2.24) is 5.32 Å². The number of hydrogen-bond acceptors (Lipinski definition) is 3. The lowest BCUT2D eigenvalue weighted by Crippen LogP contribution is -2.37. The van der Waals surface area contributed by atoms with Crippen LogP contribution in [0.1, 0.15) is 52.4 Å². The summed E-state index contributed by atoms with van der Waals surface area (Å²) in [6.45, 7) is 4.91. The minimum Gasteiger partial charge on any atom is -0.328 e. The van der Waals surface area contributed by atoms with Crippen LogP contribution in [0.4, 0.5) is 0 Å². The van der Waals surface area contributed by atoms with Crippen LogP contribution < -0.4 is 11.1 Å². The van der Waals surface area contributed by atoms with E-state index in [9.17, 15) is 4.79 Å². The standard InChI is InChI=1S/C13H26N2O/c1-10(2)13(16)4-3-9-15-12-7-5-11(14)6-8-12/h10-12,15H,3-9,14H2,1-2H3. The average molecular weight is 226 g/mol. The minimum atomic E-state index is 0.188. The largest absolute Gasteiger partial charge is 0.328 e. The van der Waals surface area contributed by atoms with Gasteiger partial charge >= 0.3 is 0 Å². The monoisotopic (exact) mass is 226 g/mol. The van der Waals surface area contributed by atoms with Gasteiger partial charge in [-0.05, 0) is 38.6 Å². The highest BCUT2D eigenvalue weighted by Crippen LogP contribution is 2.16. The number of ketones is 1. The quantitative estimate of drug-likeness (QED) is 0.680. The lowest BCUT2D eigenvalue weighted by atomic mass is 9.92. The number of nitrogens with two attached hydrogens (primary N) is 1. The molecule has 94 valence electrons. The van der Waals surface area contributed by atoms with Crippen molar-refractivity contribution < 1.29 is 4.79 Å². The first-order chi connectivity index (χ1) is 7.59. The smallest absolute Gasteiger partial charge is 0.135 e. The maximum Gasteiger partial charge on any atom is 0.135 e. The fourth-order valence-electron chi connectivity index (χ4n) is 2.18. The molecular formula is C13H26N2O. The van der Waals surface area contributed by atoms with Crippen LogP contribution in [0, 0.1) is 5.92 Å². The van der Waals surface area contributed by atoms with E-state index >= 15 is 0 Å². The van der Waals surface area contributed by atoms with Gasteiger partial charge in [-0.1, -0.05) is 13.8 Å². The summed E-state index contributed by atoms with van der Waals surface area (Å²) >= 11 is 0. The first-order valence-electron chi connectivity index (χ1n) is 6.61. The molecule has 1 aliphatic carbocycles. The molecule has 0 atom stereocenters. The van der Waals surface area contributed by atoms with Gasteiger partial charge in [-0.15, -0.1) is 0 Å². The molecule has 0 unspecified atom stereocenters. The molecular weight excluding hydrogens is 200 g/mol. The number of carbonyl (C=O) groups is 1. The molecule has 0 radical (unpaired) electrons. The third kappa shape index (κ3) is 5.08. The van der Waals surface area contributed by atoms with E-state index in [0.29, 0.717) is 17.9 Å². The van der Waals surface area contributed by atoms with Gasteiger partial charge in [-0.2, -0.15) is 0 Å². The Morgan fingerprint density at radius 2 is 1.94 bits per heavy atom. The van der Waals surface area contributed by atoms with E-state index < -0.39 is 0 Å². The van der Waals surface area contributed by atoms with E-state index in [2.05, 4.69) is 5.32 Å². The molecule has 0 amide bonds. The highest BCUT2D eigenvalue weighted by atomic mass is 16.1. The van der Waals surface area contributed by atoms with Crippen LogP contribution in [0.2, 0.25) is 0 Å². The molecule has 1 saturated carbocycles. The van der Waals surface area contributed by atoms with E-state index in [1.807, 2.05) is 13.8 Å². The zero-order chi connectivity index (χ0) is 12.0. The number of Topliss-reactive ketones (excluding diaryl/α,β-unsaturated/α-hetero) is 1. The van der Waals surface area contributed by atoms with Gasteiger partial charge in [0.25, 0.3) is 0 Å². The van der Waals surface area contributed by atoms with Crippen LogP contribution >= 0.6 is 0 Å². The van der Waals surface area contributed by atoms with E-state index in [0.717, 1.165) is 32.2 Å². The average Bonchev–Trinajstić information content (AvgIpc) is 2.26. The van der Waals surface area contributed by atoms with E-state index in [-0.39, 0.29) is 5.92 Å². The van der Waals surface area contributed by atoms with Crippen LogP contribution in [0.25, 0.3) is 0 Å². The highest BCUT2D eigenvalue weighted by Gasteiger charge is 2.17. The molecule has 0 spiro atoms. The van der Waals surface area contributed by atoms with Crippen LogP contribution in [-0.4, -0.2) is 24.4 Å². The maximum absolute atomic E-state index is 11.4. The Morgan fingerprint density at radius 3 is 2.50 bits per heavy atom. The van der Waals surface area contributed by atoms with Crippen molar-refractivity contribution in [3.8, 4) is 0 Å². The lowest BCUT2D eigenvalue weighted by molar-refractivity contribution is -0.121. The minimum absolute atomic E-state index is 0.188. The Balaban J connectivity index is 2.01. The second-order valence-corrected chi connectivity index (χ2v) is 5.29. The molecule has 0 aromatic heterocycles. The molecule has 1 rings (SSSR count). The molecule has 0 heterocycles. The molecule has 0 aromatic carbocycles. The zero-order valence-electron chi connectivity index (χ0n) is 10.7. The van der Waals surface area contributed by atoms with Gasteiger partial charge in [0.2, 0.25) is 0 Å². The van der Waals surface area contributed by atoms with Gasteiger partial charge in [0.05, 0.1) is 0 Å². The summed E-state index contributed by atoms with van der Waals surface area (Å²) in [4.78, 5) is 11.4. The summed E-state index contributed by atoms with van der Waals surface area (Å²) in [5, 5.41) is 3.53. The number of rotatable bonds is 6. The van der Waals surface area contributed by atoms with Crippen molar-refractivity contribution >= 4 is 5.78 Å². The van der Waals surface area contributed by atoms with Crippen molar-refractivity contribution in [1.29, 1.82) is 0 Å². The molecule has 3 nitrogen and oxygen atoms in total. The summed E-state index contributed by atoms with van der Waals surface area (Å²) in [5.74, 6) is 0.570. The summed E-state index contributed by atoms with van der Waals surface area (Å²) < 4.78 is 0. The van der Waals surface area contributed by atoms with Crippen LogP contribution in [0.5, 0.6) is 0 Å². The van der Waals surface area contributed by atoms with Gasteiger partial charge in [-0.3, -0.25) is 4.79 Å². The maximum atomic E-state index is 11.4. The summed E-state index contributed by atoms with van der Waals surface area (Å²) in [6.07, 6.45) is 6.36. The van der Waals surface area contributed by atoms with Gasteiger partial charge in [0.1, 0.15) is 5.78 Å². The van der Waals surface area contributed by atoms with Gasteiger partial charge < -0.3 is 11.1 Å². The fraction of sp³-hybridized carbons (Fsp3) is 0.923. The van der Waals surface area contributed by atoms with E-state index in [4.69, 9.17) is 5.73 Å². The first-order valence-corrected chi connectivity index (χ1v) is 6.61. The summed E-state index contributed by atoms with van der Waals surface area (Å²) in [7, 11) is 0. The predicted octanol–water partition coefficient (Wildman–Crippen LogP) is 1.85. The van der Waals surface area contributed by atoms with Crippen LogP contribution in [0.15, 0.2) is 0 Å². The van der Waals surface area contributed by atoms with Gasteiger partial charge in [0, 0.05) is 24.4 Å². The predicted molar refractivity (Wildman–Crippen MR) is 67.3 cm³/mol. The van der Waals surface area contributed by atoms with Crippen molar-refractivity contribution in [2.45, 2.75) is 64.5 Å². The van der Waals surface area contributed by atoms with Gasteiger partial charge in [-0.25, -0.2) is 0 Å². The van der Waals surface area contributed by atoms with Crippen molar-refractivity contribution in [3.05, 3.63) is 0 Å². The zero-order valence-corrected chi connectivity index (χ0v) is 10.7.